The molecule has 0 radical (unpaired) electrons. The van der Waals surface area contributed by atoms with Gasteiger partial charge >= 0.3 is 0 Å². The molecule has 84 valence electrons. The molecule has 0 saturated heterocycles. The van der Waals surface area contributed by atoms with Crippen LogP contribution in [0.4, 0.5) is 8.78 Å². The van der Waals surface area contributed by atoms with Crippen molar-refractivity contribution in [1.29, 1.82) is 0 Å². The second kappa shape index (κ2) is 4.02. The molecule has 0 bridgehead atoms. The molecule has 0 aliphatic carbocycles. The lowest BCUT2D eigenvalue weighted by atomic mass is 10.0. The van der Waals surface area contributed by atoms with Gasteiger partial charge in [-0.3, -0.25) is 4.68 Å². The monoisotopic (exact) mass is 223 g/mol. The summed E-state index contributed by atoms with van der Waals surface area (Å²) in [6.07, 6.45) is 1.58. The molecule has 1 aromatic carbocycles. The highest BCUT2D eigenvalue weighted by Gasteiger charge is 2.16. The van der Waals surface area contributed by atoms with Crippen LogP contribution in [0.15, 0.2) is 30.5 Å². The number of aromatic nitrogens is 2. The van der Waals surface area contributed by atoms with E-state index in [9.17, 15) is 8.78 Å². The Morgan fingerprint density at radius 2 is 2.06 bits per heavy atom. The van der Waals surface area contributed by atoms with Crippen LogP contribution in [0.1, 0.15) is 17.3 Å². The predicted molar refractivity (Wildman–Crippen MR) is 55.6 cm³/mol. The summed E-state index contributed by atoms with van der Waals surface area (Å²) in [6.45, 7) is 0. The second-order valence-corrected chi connectivity index (χ2v) is 3.52. The molecule has 2 rings (SSSR count). The number of aryl methyl sites for hydroxylation is 1. The number of nitrogens with zero attached hydrogens (tertiary/aromatic N) is 2. The third-order valence-electron chi connectivity index (χ3n) is 2.48. The first-order chi connectivity index (χ1) is 7.59. The topological polar surface area (TPSA) is 43.8 Å². The summed E-state index contributed by atoms with van der Waals surface area (Å²) in [7, 11) is 1.72. The quantitative estimate of drug-likeness (QED) is 0.842. The van der Waals surface area contributed by atoms with Crippen molar-refractivity contribution in [1.82, 2.24) is 9.78 Å². The van der Waals surface area contributed by atoms with Gasteiger partial charge in [-0.1, -0.05) is 6.07 Å². The van der Waals surface area contributed by atoms with Gasteiger partial charge in [0.1, 0.15) is 11.6 Å². The van der Waals surface area contributed by atoms with E-state index in [1.54, 1.807) is 24.0 Å². The van der Waals surface area contributed by atoms with E-state index in [1.165, 1.54) is 12.1 Å². The van der Waals surface area contributed by atoms with Gasteiger partial charge in [-0.15, -0.1) is 0 Å². The van der Waals surface area contributed by atoms with E-state index in [0.717, 1.165) is 6.07 Å². The van der Waals surface area contributed by atoms with Crippen LogP contribution in [0.2, 0.25) is 0 Å². The van der Waals surface area contributed by atoms with Crippen LogP contribution in [0.3, 0.4) is 0 Å². The number of rotatable bonds is 2. The van der Waals surface area contributed by atoms with Crippen molar-refractivity contribution in [3.05, 3.63) is 53.4 Å². The number of hydrogen-bond donors (Lipinski definition) is 1. The number of benzene rings is 1. The van der Waals surface area contributed by atoms with Gasteiger partial charge in [0.15, 0.2) is 0 Å². The molecule has 1 aromatic heterocycles. The Bertz CT molecular complexity index is 508. The maximum atomic E-state index is 13.5. The molecule has 2 aromatic rings. The van der Waals surface area contributed by atoms with Crippen LogP contribution in [0.25, 0.3) is 0 Å². The van der Waals surface area contributed by atoms with Gasteiger partial charge in [0, 0.05) is 24.9 Å². The minimum absolute atomic E-state index is 0.255. The predicted octanol–water partition coefficient (Wildman–Crippen LogP) is 1.75. The van der Waals surface area contributed by atoms with Crippen molar-refractivity contribution >= 4 is 0 Å². The molecule has 3 nitrogen and oxygen atoms in total. The van der Waals surface area contributed by atoms with E-state index in [2.05, 4.69) is 5.10 Å². The molecule has 1 atom stereocenters. The fourth-order valence-electron chi connectivity index (χ4n) is 1.60. The van der Waals surface area contributed by atoms with Gasteiger partial charge < -0.3 is 5.73 Å². The maximum Gasteiger partial charge on any atom is 0.131 e. The van der Waals surface area contributed by atoms with Gasteiger partial charge in [-0.25, -0.2) is 8.78 Å². The summed E-state index contributed by atoms with van der Waals surface area (Å²) in [4.78, 5) is 0. The lowest BCUT2D eigenvalue weighted by Gasteiger charge is -2.13. The molecule has 0 aliphatic rings. The van der Waals surface area contributed by atoms with Crippen molar-refractivity contribution in [2.75, 3.05) is 0 Å². The Hall–Kier alpha value is -1.75. The molecule has 0 spiro atoms. The smallest absolute Gasteiger partial charge is 0.131 e. The zero-order chi connectivity index (χ0) is 11.7. The molecule has 16 heavy (non-hydrogen) atoms. The van der Waals surface area contributed by atoms with E-state index in [4.69, 9.17) is 5.73 Å². The van der Waals surface area contributed by atoms with Gasteiger partial charge in [-0.05, 0) is 12.1 Å². The number of hydrogen-bond acceptors (Lipinski definition) is 2. The summed E-state index contributed by atoms with van der Waals surface area (Å²) >= 11 is 0. The molecule has 0 saturated carbocycles. The summed E-state index contributed by atoms with van der Waals surface area (Å²) < 4.78 is 27.8. The fraction of sp³-hybridized carbons (Fsp3) is 0.182. The maximum absolute atomic E-state index is 13.5. The third kappa shape index (κ3) is 1.81. The van der Waals surface area contributed by atoms with Gasteiger partial charge in [-0.2, -0.15) is 5.10 Å². The fourth-order valence-corrected chi connectivity index (χ4v) is 1.60. The standard InChI is InChI=1S/C11H11F2N3/c1-16-10(4-5-15-16)11(14)8-3-2-7(12)6-9(8)13/h2-6,11H,14H2,1H3. The SMILES string of the molecule is Cn1nccc1C(N)c1ccc(F)cc1F. The highest BCUT2D eigenvalue weighted by molar-refractivity contribution is 5.28. The molecule has 0 aliphatic heterocycles. The average molecular weight is 223 g/mol. The van der Waals surface area contributed by atoms with Gasteiger partial charge in [0.05, 0.1) is 11.7 Å². The minimum Gasteiger partial charge on any atom is -0.319 e. The molecular formula is C11H11F2N3. The first-order valence-corrected chi connectivity index (χ1v) is 4.78. The lowest BCUT2D eigenvalue weighted by Crippen LogP contribution is -2.17. The van der Waals surface area contributed by atoms with Crippen LogP contribution in [-0.4, -0.2) is 9.78 Å². The van der Waals surface area contributed by atoms with E-state index in [-0.39, 0.29) is 5.56 Å². The molecule has 5 heteroatoms. The normalized spacial score (nSPS) is 12.8. The molecule has 0 amide bonds. The first-order valence-electron chi connectivity index (χ1n) is 4.78. The molecule has 0 fully saturated rings. The molecule has 1 unspecified atom stereocenters. The van der Waals surface area contributed by atoms with Crippen molar-refractivity contribution in [3.63, 3.8) is 0 Å². The zero-order valence-electron chi connectivity index (χ0n) is 8.69. The van der Waals surface area contributed by atoms with E-state index >= 15 is 0 Å². The largest absolute Gasteiger partial charge is 0.319 e. The summed E-state index contributed by atoms with van der Waals surface area (Å²) in [5, 5.41) is 3.95. The van der Waals surface area contributed by atoms with Gasteiger partial charge in [0.2, 0.25) is 0 Å². The van der Waals surface area contributed by atoms with Crippen LogP contribution >= 0.6 is 0 Å². The molecular weight excluding hydrogens is 212 g/mol. The van der Waals surface area contributed by atoms with Crippen molar-refractivity contribution in [2.45, 2.75) is 6.04 Å². The second-order valence-electron chi connectivity index (χ2n) is 3.52. The average Bonchev–Trinajstić information content (AvgIpc) is 2.63. The Morgan fingerprint density at radius 1 is 1.31 bits per heavy atom. The van der Waals surface area contributed by atoms with Crippen LogP contribution in [0.5, 0.6) is 0 Å². The summed E-state index contributed by atoms with van der Waals surface area (Å²) in [6, 6.07) is 4.42. The van der Waals surface area contributed by atoms with E-state index in [0.29, 0.717) is 5.69 Å². The van der Waals surface area contributed by atoms with Gasteiger partial charge in [0.25, 0.3) is 0 Å². The Balaban J connectivity index is 2.41. The van der Waals surface area contributed by atoms with Crippen LogP contribution in [0, 0.1) is 11.6 Å². The highest BCUT2D eigenvalue weighted by Crippen LogP contribution is 2.21. The van der Waals surface area contributed by atoms with Crippen molar-refractivity contribution in [2.24, 2.45) is 12.8 Å². The van der Waals surface area contributed by atoms with Crippen LogP contribution < -0.4 is 5.73 Å². The van der Waals surface area contributed by atoms with Crippen molar-refractivity contribution < 1.29 is 8.78 Å². The Labute approximate surface area is 91.5 Å². The third-order valence-corrected chi connectivity index (χ3v) is 2.48. The Morgan fingerprint density at radius 3 is 2.62 bits per heavy atom. The summed E-state index contributed by atoms with van der Waals surface area (Å²) in [5.41, 5.74) is 6.82. The zero-order valence-corrected chi connectivity index (χ0v) is 8.69. The lowest BCUT2D eigenvalue weighted by molar-refractivity contribution is 0.559. The molecule has 2 N–H and O–H groups in total. The number of halogens is 2. The summed E-state index contributed by atoms with van der Waals surface area (Å²) in [5.74, 6) is -1.26. The minimum atomic E-state index is -0.645. The van der Waals surface area contributed by atoms with E-state index < -0.39 is 17.7 Å². The van der Waals surface area contributed by atoms with Crippen LogP contribution in [-0.2, 0) is 7.05 Å². The Kier molecular flexibility index (Phi) is 2.70. The van der Waals surface area contributed by atoms with Crippen molar-refractivity contribution in [3.8, 4) is 0 Å². The first kappa shape index (κ1) is 10.8. The van der Waals surface area contributed by atoms with E-state index in [1.807, 2.05) is 0 Å². The highest BCUT2D eigenvalue weighted by atomic mass is 19.1. The number of nitrogens with two attached hydrogens (primary N) is 1. The molecule has 1 heterocycles.